The van der Waals surface area contributed by atoms with Crippen molar-refractivity contribution < 1.29 is 13.9 Å². The molecule has 7 nitrogen and oxygen atoms in total. The highest BCUT2D eigenvalue weighted by molar-refractivity contribution is 7.21. The molecule has 3 aliphatic rings. The number of aryl methyl sites for hydroxylation is 2. The van der Waals surface area contributed by atoms with Crippen LogP contribution in [0.25, 0.3) is 10.2 Å². The Bertz CT molecular complexity index is 1270. The van der Waals surface area contributed by atoms with Crippen LogP contribution in [-0.4, -0.2) is 55.3 Å². The van der Waals surface area contributed by atoms with E-state index in [1.54, 1.807) is 6.07 Å². The zero-order valence-electron chi connectivity index (χ0n) is 19.1. The summed E-state index contributed by atoms with van der Waals surface area (Å²) in [5.41, 5.74) is 10.4. The summed E-state index contributed by atoms with van der Waals surface area (Å²) in [6, 6.07) is 7.42. The van der Waals surface area contributed by atoms with Gasteiger partial charge >= 0.3 is 0 Å². The number of anilines is 2. The Morgan fingerprint density at radius 3 is 2.85 bits per heavy atom. The molecule has 178 valence electrons. The van der Waals surface area contributed by atoms with Gasteiger partial charge in [-0.15, -0.1) is 11.3 Å². The van der Waals surface area contributed by atoms with Crippen molar-refractivity contribution in [1.82, 2.24) is 15.6 Å². The number of nitrogens with two attached hydrogens (primary N) is 1. The second-order valence-electron chi connectivity index (χ2n) is 9.58. The number of aromatic nitrogens is 1. The molecule has 2 aliphatic heterocycles. The molecule has 9 heteroatoms. The zero-order chi connectivity index (χ0) is 23.4. The number of benzene rings is 1. The maximum atomic E-state index is 15.2. The van der Waals surface area contributed by atoms with Gasteiger partial charge in [0.1, 0.15) is 15.5 Å². The fourth-order valence-electron chi connectivity index (χ4n) is 5.39. The van der Waals surface area contributed by atoms with Gasteiger partial charge in [0.2, 0.25) is 0 Å². The predicted molar refractivity (Wildman–Crippen MR) is 132 cm³/mol. The minimum absolute atomic E-state index is 0.0571. The largest absolute Gasteiger partial charge is 0.397 e. The van der Waals surface area contributed by atoms with Crippen LogP contribution in [0, 0.1) is 12.7 Å². The lowest BCUT2D eigenvalue weighted by Gasteiger charge is -2.43. The number of carbonyl (C=O) groups excluding carboxylic acids is 1. The molecule has 2 unspecified atom stereocenters. The van der Waals surface area contributed by atoms with Gasteiger partial charge in [-0.2, -0.15) is 0 Å². The average Bonchev–Trinajstić information content (AvgIpc) is 3.14. The number of nitrogens with zero attached hydrogens (tertiary/aromatic N) is 2. The molecule has 2 aromatic heterocycles. The van der Waals surface area contributed by atoms with Crippen molar-refractivity contribution in [3.8, 4) is 0 Å². The molecule has 6 rings (SSSR count). The molecule has 1 aliphatic carbocycles. The molecule has 1 aromatic carbocycles. The van der Waals surface area contributed by atoms with Gasteiger partial charge in [-0.05, 0) is 61.6 Å². The van der Waals surface area contributed by atoms with Crippen LogP contribution in [0.1, 0.15) is 32.9 Å². The van der Waals surface area contributed by atoms with E-state index in [1.165, 1.54) is 11.3 Å². The summed E-state index contributed by atoms with van der Waals surface area (Å²) in [6.45, 7) is 4.93. The Morgan fingerprint density at radius 1 is 1.26 bits per heavy atom. The van der Waals surface area contributed by atoms with Crippen molar-refractivity contribution in [1.29, 1.82) is 0 Å². The van der Waals surface area contributed by atoms with E-state index in [0.717, 1.165) is 53.0 Å². The third-order valence-corrected chi connectivity index (χ3v) is 8.20. The first kappa shape index (κ1) is 21.8. The van der Waals surface area contributed by atoms with E-state index < -0.39 is 0 Å². The monoisotopic (exact) mass is 481 g/mol. The molecule has 34 heavy (non-hydrogen) atoms. The van der Waals surface area contributed by atoms with Gasteiger partial charge in [0.25, 0.3) is 5.91 Å². The third-order valence-electron chi connectivity index (χ3n) is 7.09. The third kappa shape index (κ3) is 3.91. The summed E-state index contributed by atoms with van der Waals surface area (Å²) >= 11 is 1.32. The van der Waals surface area contributed by atoms with Crippen molar-refractivity contribution >= 4 is 38.8 Å². The van der Waals surface area contributed by atoms with Gasteiger partial charge in [-0.3, -0.25) is 4.79 Å². The Hall–Kier alpha value is -2.75. The van der Waals surface area contributed by atoms with E-state index in [0.29, 0.717) is 35.8 Å². The smallest absolute Gasteiger partial charge is 0.263 e. The summed E-state index contributed by atoms with van der Waals surface area (Å²) in [5, 5.41) is 7.31. The highest BCUT2D eigenvalue weighted by Gasteiger charge is 2.33. The number of carbonyl (C=O) groups is 1. The van der Waals surface area contributed by atoms with Gasteiger partial charge in [0.05, 0.1) is 23.6 Å². The molecular weight excluding hydrogens is 453 g/mol. The van der Waals surface area contributed by atoms with Crippen molar-refractivity contribution in [3.05, 3.63) is 51.8 Å². The fourth-order valence-corrected chi connectivity index (χ4v) is 6.44. The lowest BCUT2D eigenvalue weighted by molar-refractivity contribution is -0.0485. The Labute approximate surface area is 201 Å². The minimum Gasteiger partial charge on any atom is -0.397 e. The molecule has 4 N–H and O–H groups in total. The SMILES string of the molecule is Cc1ccc2c(N)c(C(=O)N[C@H]3CCc4cc(N5CC6CNCC(C5)O6)c(F)cc4C3)sc2n1. The number of halogens is 1. The lowest BCUT2D eigenvalue weighted by Crippen LogP contribution is -2.58. The Kier molecular flexibility index (Phi) is 5.43. The fraction of sp³-hybridized carbons (Fsp3) is 0.440. The number of hydrogen-bond donors (Lipinski definition) is 3. The van der Waals surface area contributed by atoms with E-state index in [4.69, 9.17) is 10.5 Å². The summed E-state index contributed by atoms with van der Waals surface area (Å²) in [5.74, 6) is -0.383. The molecular formula is C25H28FN5O2S. The topological polar surface area (TPSA) is 92.5 Å². The molecule has 2 fully saturated rings. The number of thiophene rings is 1. The predicted octanol–water partition coefficient (Wildman–Crippen LogP) is 2.79. The molecule has 4 heterocycles. The van der Waals surface area contributed by atoms with Crippen molar-refractivity contribution in [3.63, 3.8) is 0 Å². The standard InChI is InChI=1S/C25H28FN5O2S/c1-13-2-5-19-22(27)23(34-25(19)29-13)24(32)30-16-4-3-14-8-21(20(26)7-15(14)6-16)31-11-17-9-28-10-18(12-31)33-17/h2,5,7-8,16-18,28H,3-4,6,9-12,27H2,1H3,(H,30,32)/t16-,17?,18?/m0/s1. The van der Waals surface area contributed by atoms with E-state index in [-0.39, 0.29) is 30.0 Å². The van der Waals surface area contributed by atoms with E-state index in [1.807, 2.05) is 25.1 Å². The lowest BCUT2D eigenvalue weighted by atomic mass is 9.87. The van der Waals surface area contributed by atoms with Gasteiger partial charge in [-0.25, -0.2) is 9.37 Å². The van der Waals surface area contributed by atoms with Crippen molar-refractivity contribution in [2.75, 3.05) is 36.8 Å². The second-order valence-corrected chi connectivity index (χ2v) is 10.6. The molecule has 3 atom stereocenters. The number of hydrogen-bond acceptors (Lipinski definition) is 7. The maximum absolute atomic E-state index is 15.2. The van der Waals surface area contributed by atoms with Crippen LogP contribution in [0.5, 0.6) is 0 Å². The molecule has 3 aromatic rings. The number of nitrogen functional groups attached to an aromatic ring is 1. The Morgan fingerprint density at radius 2 is 2.06 bits per heavy atom. The van der Waals surface area contributed by atoms with Crippen LogP contribution in [0.3, 0.4) is 0 Å². The van der Waals surface area contributed by atoms with Crippen LogP contribution >= 0.6 is 11.3 Å². The number of ether oxygens (including phenoxy) is 1. The summed E-state index contributed by atoms with van der Waals surface area (Å²) in [7, 11) is 0. The average molecular weight is 482 g/mol. The summed E-state index contributed by atoms with van der Waals surface area (Å²) in [4.78, 5) is 20.9. The first-order chi connectivity index (χ1) is 16.4. The normalized spacial score (nSPS) is 24.2. The zero-order valence-corrected chi connectivity index (χ0v) is 19.9. The number of pyridine rings is 1. The number of amides is 1. The summed E-state index contributed by atoms with van der Waals surface area (Å²) < 4.78 is 21.2. The number of rotatable bonds is 3. The molecule has 0 spiro atoms. The van der Waals surface area contributed by atoms with E-state index in [2.05, 4.69) is 20.5 Å². The molecule has 1 amide bonds. The molecule has 0 saturated carbocycles. The maximum Gasteiger partial charge on any atom is 0.263 e. The minimum atomic E-state index is -0.200. The molecule has 2 bridgehead atoms. The Balaban J connectivity index is 1.18. The van der Waals surface area contributed by atoms with Gasteiger partial charge < -0.3 is 26.0 Å². The first-order valence-electron chi connectivity index (χ1n) is 11.8. The number of morpholine rings is 2. The molecule has 0 radical (unpaired) electrons. The second kappa shape index (κ2) is 8.48. The van der Waals surface area contributed by atoms with Crippen LogP contribution in [0.2, 0.25) is 0 Å². The quantitative estimate of drug-likeness (QED) is 0.533. The summed E-state index contributed by atoms with van der Waals surface area (Å²) in [6.07, 6.45) is 2.42. The van der Waals surface area contributed by atoms with Crippen LogP contribution < -0.4 is 21.3 Å². The van der Waals surface area contributed by atoms with E-state index in [9.17, 15) is 4.79 Å². The number of fused-ring (bicyclic) bond motifs is 4. The van der Waals surface area contributed by atoms with Crippen LogP contribution in [0.15, 0.2) is 24.3 Å². The molecule has 2 saturated heterocycles. The van der Waals surface area contributed by atoms with Crippen molar-refractivity contribution in [2.45, 2.75) is 44.4 Å². The number of nitrogens with one attached hydrogen (secondary N) is 2. The van der Waals surface area contributed by atoms with E-state index >= 15 is 4.39 Å². The van der Waals surface area contributed by atoms with Crippen LogP contribution in [0.4, 0.5) is 15.8 Å². The highest BCUT2D eigenvalue weighted by Crippen LogP contribution is 2.34. The first-order valence-corrected chi connectivity index (χ1v) is 12.6. The van der Waals surface area contributed by atoms with Gasteiger partial charge in [-0.1, -0.05) is 0 Å². The van der Waals surface area contributed by atoms with Crippen molar-refractivity contribution in [2.24, 2.45) is 0 Å². The van der Waals surface area contributed by atoms with Crippen LogP contribution in [-0.2, 0) is 17.6 Å². The highest BCUT2D eigenvalue weighted by atomic mass is 32.1. The van der Waals surface area contributed by atoms with Gasteiger partial charge in [0.15, 0.2) is 0 Å². The van der Waals surface area contributed by atoms with Gasteiger partial charge in [0, 0.05) is 43.3 Å².